The van der Waals surface area contributed by atoms with Crippen molar-refractivity contribution in [2.24, 2.45) is 0 Å². The lowest BCUT2D eigenvalue weighted by molar-refractivity contribution is 0.246. The highest BCUT2D eigenvalue weighted by Crippen LogP contribution is 1.82. The third-order valence-electron chi connectivity index (χ3n) is 0.902. The normalized spacial score (nSPS) is 8.30. The second-order valence-corrected chi connectivity index (χ2v) is 1.51. The van der Waals surface area contributed by atoms with E-state index in [1.165, 1.54) is 29.5 Å². The Balaban J connectivity index is 2.71. The van der Waals surface area contributed by atoms with Crippen molar-refractivity contribution in [2.45, 2.75) is 0 Å². The van der Waals surface area contributed by atoms with Crippen LogP contribution >= 0.6 is 0 Å². The summed E-state index contributed by atoms with van der Waals surface area (Å²) in [7, 11) is 0. The van der Waals surface area contributed by atoms with Crippen LogP contribution in [0.25, 0.3) is 0 Å². The quantitative estimate of drug-likeness (QED) is 0.400. The van der Waals surface area contributed by atoms with Crippen molar-refractivity contribution in [3.63, 3.8) is 0 Å². The van der Waals surface area contributed by atoms with E-state index in [1.807, 2.05) is 5.32 Å². The maximum atomic E-state index is 10.7. The molecule has 0 bridgehead atoms. The van der Waals surface area contributed by atoms with Crippen LogP contribution in [0.15, 0.2) is 18.7 Å². The lowest BCUT2D eigenvalue weighted by Gasteiger charge is -1.93. The second kappa shape index (κ2) is 2.64. The highest BCUT2D eigenvalue weighted by atomic mass is 16.2. The molecule has 1 aromatic rings. The summed E-state index contributed by atoms with van der Waals surface area (Å²) >= 11 is 0. The van der Waals surface area contributed by atoms with E-state index in [2.05, 4.69) is 4.98 Å². The molecule has 0 unspecified atom stereocenters. The van der Waals surface area contributed by atoms with E-state index in [0.717, 1.165) is 0 Å². The molecule has 0 aliphatic heterocycles. The Bertz CT molecular complexity index is 258. The molecule has 1 aromatic heterocycles. The van der Waals surface area contributed by atoms with Gasteiger partial charge in [0.15, 0.2) is 6.19 Å². The summed E-state index contributed by atoms with van der Waals surface area (Å²) in [6.45, 7) is 0. The van der Waals surface area contributed by atoms with Crippen LogP contribution in [0.4, 0.5) is 4.79 Å². The maximum absolute atomic E-state index is 10.7. The van der Waals surface area contributed by atoms with E-state index >= 15 is 0 Å². The number of imidazole rings is 1. The third-order valence-corrected chi connectivity index (χ3v) is 0.902. The molecule has 0 saturated carbocycles. The molecule has 0 aliphatic rings. The minimum absolute atomic E-state index is 0.500. The van der Waals surface area contributed by atoms with Gasteiger partial charge in [-0.25, -0.2) is 15.1 Å². The van der Waals surface area contributed by atoms with Crippen molar-refractivity contribution in [3.05, 3.63) is 18.7 Å². The number of hydrogen-bond acceptors (Lipinski definition) is 3. The first-order valence-corrected chi connectivity index (χ1v) is 2.52. The van der Waals surface area contributed by atoms with Crippen molar-refractivity contribution in [2.75, 3.05) is 0 Å². The molecule has 0 atom stereocenters. The Hall–Kier alpha value is -1.83. The van der Waals surface area contributed by atoms with Gasteiger partial charge in [0.05, 0.1) is 0 Å². The Morgan fingerprint density at radius 3 is 3.10 bits per heavy atom. The van der Waals surface area contributed by atoms with Crippen molar-refractivity contribution in [3.8, 4) is 6.19 Å². The Morgan fingerprint density at radius 1 is 1.80 bits per heavy atom. The molecule has 0 radical (unpaired) electrons. The average Bonchev–Trinajstić information content (AvgIpc) is 2.38. The molecule has 1 N–H and O–H groups in total. The van der Waals surface area contributed by atoms with Crippen LogP contribution in [-0.2, 0) is 0 Å². The molecule has 0 saturated heterocycles. The predicted molar refractivity (Wildman–Crippen MR) is 31.8 cm³/mol. The van der Waals surface area contributed by atoms with Crippen LogP contribution in [0, 0.1) is 11.5 Å². The number of nitrogens with zero attached hydrogens (tertiary/aromatic N) is 3. The first-order chi connectivity index (χ1) is 4.84. The summed E-state index contributed by atoms with van der Waals surface area (Å²) in [6, 6.07) is -0.500. The molecule has 5 nitrogen and oxygen atoms in total. The predicted octanol–water partition coefficient (Wildman–Crippen LogP) is -0.0781. The molecule has 0 aromatic carbocycles. The van der Waals surface area contributed by atoms with E-state index in [1.54, 1.807) is 0 Å². The van der Waals surface area contributed by atoms with Gasteiger partial charge in [-0.3, -0.25) is 4.57 Å². The van der Waals surface area contributed by atoms with Crippen molar-refractivity contribution < 1.29 is 4.79 Å². The zero-order valence-corrected chi connectivity index (χ0v) is 4.98. The molecule has 1 rings (SSSR count). The van der Waals surface area contributed by atoms with Gasteiger partial charge in [0.25, 0.3) is 0 Å². The molecular formula is C5H4N4O. The topological polar surface area (TPSA) is 70.7 Å². The molecule has 0 aliphatic carbocycles. The van der Waals surface area contributed by atoms with Gasteiger partial charge in [-0.05, 0) is 0 Å². The van der Waals surface area contributed by atoms with Gasteiger partial charge in [0, 0.05) is 12.4 Å². The van der Waals surface area contributed by atoms with E-state index in [4.69, 9.17) is 5.26 Å². The summed E-state index contributed by atoms with van der Waals surface area (Å²) in [6.07, 6.45) is 5.73. The fourth-order valence-electron chi connectivity index (χ4n) is 0.492. The minimum atomic E-state index is -0.500. The van der Waals surface area contributed by atoms with Gasteiger partial charge in [0.1, 0.15) is 6.33 Å². The Kier molecular flexibility index (Phi) is 1.66. The highest BCUT2D eigenvalue weighted by Gasteiger charge is 1.98. The first kappa shape index (κ1) is 6.29. The summed E-state index contributed by atoms with van der Waals surface area (Å²) in [5.74, 6) is 0. The number of nitriles is 1. The van der Waals surface area contributed by atoms with Gasteiger partial charge in [-0.15, -0.1) is 0 Å². The van der Waals surface area contributed by atoms with E-state index in [9.17, 15) is 4.79 Å². The molecule has 1 heterocycles. The van der Waals surface area contributed by atoms with E-state index in [0.29, 0.717) is 0 Å². The lowest BCUT2D eigenvalue weighted by atomic mass is 10.8. The molecule has 0 spiro atoms. The Morgan fingerprint density at radius 2 is 2.60 bits per heavy atom. The van der Waals surface area contributed by atoms with E-state index < -0.39 is 6.03 Å². The van der Waals surface area contributed by atoms with Crippen molar-refractivity contribution >= 4 is 6.03 Å². The summed E-state index contributed by atoms with van der Waals surface area (Å²) < 4.78 is 1.17. The zero-order chi connectivity index (χ0) is 7.40. The fraction of sp³-hybridized carbons (Fsp3) is 0. The van der Waals surface area contributed by atoms with Gasteiger partial charge < -0.3 is 0 Å². The van der Waals surface area contributed by atoms with Gasteiger partial charge in [-0.1, -0.05) is 0 Å². The second-order valence-electron chi connectivity index (χ2n) is 1.51. The lowest BCUT2D eigenvalue weighted by Crippen LogP contribution is -2.22. The van der Waals surface area contributed by atoms with Crippen molar-refractivity contribution in [1.82, 2.24) is 14.9 Å². The number of carbonyl (C=O) groups is 1. The third kappa shape index (κ3) is 1.11. The zero-order valence-electron chi connectivity index (χ0n) is 4.98. The van der Waals surface area contributed by atoms with Crippen LogP contribution in [-0.4, -0.2) is 15.6 Å². The van der Waals surface area contributed by atoms with Gasteiger partial charge >= 0.3 is 6.03 Å². The Labute approximate surface area is 56.9 Å². The van der Waals surface area contributed by atoms with Crippen LogP contribution in [0.1, 0.15) is 0 Å². The van der Waals surface area contributed by atoms with Crippen LogP contribution in [0.3, 0.4) is 0 Å². The van der Waals surface area contributed by atoms with Crippen LogP contribution in [0.5, 0.6) is 0 Å². The molecule has 0 fully saturated rings. The molecule has 5 heteroatoms. The molecule has 50 valence electrons. The van der Waals surface area contributed by atoms with E-state index in [-0.39, 0.29) is 0 Å². The fourth-order valence-corrected chi connectivity index (χ4v) is 0.492. The average molecular weight is 136 g/mol. The maximum Gasteiger partial charge on any atom is 0.339 e. The van der Waals surface area contributed by atoms with Gasteiger partial charge in [-0.2, -0.15) is 5.26 Å². The summed E-state index contributed by atoms with van der Waals surface area (Å²) in [4.78, 5) is 14.3. The number of amides is 1. The molecular weight excluding hydrogens is 132 g/mol. The molecule has 10 heavy (non-hydrogen) atoms. The number of rotatable bonds is 0. The number of aromatic nitrogens is 2. The van der Waals surface area contributed by atoms with Crippen LogP contribution < -0.4 is 5.32 Å². The minimum Gasteiger partial charge on any atom is -0.257 e. The van der Waals surface area contributed by atoms with Crippen molar-refractivity contribution in [1.29, 1.82) is 5.26 Å². The number of nitrogens with one attached hydrogen (secondary N) is 1. The summed E-state index contributed by atoms with van der Waals surface area (Å²) in [5, 5.41) is 9.96. The first-order valence-electron chi connectivity index (χ1n) is 2.52. The largest absolute Gasteiger partial charge is 0.339 e. The van der Waals surface area contributed by atoms with Crippen LogP contribution in [0.2, 0.25) is 0 Å². The molecule has 1 amide bonds. The smallest absolute Gasteiger partial charge is 0.257 e. The number of hydrogen-bond donors (Lipinski definition) is 1. The standard InChI is InChI=1S/C5H4N4O/c6-3-8-5(10)9-2-1-7-4-9/h1-2,4H,(H,8,10). The monoisotopic (exact) mass is 136 g/mol. The highest BCUT2D eigenvalue weighted by molar-refractivity contribution is 5.77. The summed E-state index contributed by atoms with van der Waals surface area (Å²) in [5.41, 5.74) is 0. The SMILES string of the molecule is N#CNC(=O)n1ccnc1. The number of carbonyl (C=O) groups excluding carboxylic acids is 1. The van der Waals surface area contributed by atoms with Gasteiger partial charge in [0.2, 0.25) is 0 Å².